The van der Waals surface area contributed by atoms with Crippen molar-refractivity contribution in [2.75, 3.05) is 11.8 Å². The first-order valence-corrected chi connectivity index (χ1v) is 8.85. The number of nitrogens with one attached hydrogen (secondary N) is 1. The zero-order chi connectivity index (χ0) is 14.9. The van der Waals surface area contributed by atoms with E-state index in [-0.39, 0.29) is 14.8 Å². The molecule has 108 valence electrons. The summed E-state index contributed by atoms with van der Waals surface area (Å²) in [5, 5.41) is 1.69. The van der Waals surface area contributed by atoms with Gasteiger partial charge in [0.1, 0.15) is 9.09 Å². The van der Waals surface area contributed by atoms with E-state index in [0.29, 0.717) is 9.90 Å². The van der Waals surface area contributed by atoms with Crippen LogP contribution in [0.25, 0.3) is 0 Å². The maximum atomic E-state index is 12.2. The number of anilines is 1. The molecule has 0 amide bonds. The first-order chi connectivity index (χ1) is 9.35. The maximum Gasteiger partial charge on any atom is 0.350 e. The Hall–Kier alpha value is -1.09. The second kappa shape index (κ2) is 5.72. The van der Waals surface area contributed by atoms with Crippen molar-refractivity contribution in [2.24, 2.45) is 0 Å². The second-order valence-electron chi connectivity index (χ2n) is 3.78. The van der Waals surface area contributed by atoms with Crippen molar-refractivity contribution in [2.45, 2.75) is 11.1 Å². The van der Waals surface area contributed by atoms with Crippen LogP contribution in [0.15, 0.2) is 21.7 Å². The van der Waals surface area contributed by atoms with Gasteiger partial charge in [0.25, 0.3) is 10.0 Å². The Bertz CT molecular complexity index is 748. The highest BCUT2D eigenvalue weighted by atomic mass is 35.5. The van der Waals surface area contributed by atoms with Gasteiger partial charge in [-0.3, -0.25) is 4.72 Å². The lowest BCUT2D eigenvalue weighted by molar-refractivity contribution is 0.0607. The average molecular weight is 352 g/mol. The molecule has 20 heavy (non-hydrogen) atoms. The topological polar surface area (TPSA) is 72.5 Å². The Kier molecular flexibility index (Phi) is 4.38. The molecule has 2 rings (SSSR count). The van der Waals surface area contributed by atoms with Crippen molar-refractivity contribution in [3.63, 3.8) is 0 Å². The number of methoxy groups -OCH3 is 1. The number of ether oxygens (including phenoxy) is 1. The summed E-state index contributed by atoms with van der Waals surface area (Å²) in [7, 11) is -2.52. The predicted octanol–water partition coefficient (Wildman–Crippen LogP) is 3.36. The highest BCUT2D eigenvalue weighted by Gasteiger charge is 2.23. The summed E-state index contributed by atoms with van der Waals surface area (Å²) < 4.78 is 32.0. The molecule has 0 radical (unpaired) electrons. The van der Waals surface area contributed by atoms with E-state index in [1.54, 1.807) is 12.3 Å². The monoisotopic (exact) mass is 351 g/mol. The smallest absolute Gasteiger partial charge is 0.350 e. The highest BCUT2D eigenvalue weighted by molar-refractivity contribution is 7.94. The van der Waals surface area contributed by atoms with Crippen LogP contribution in [0.3, 0.4) is 0 Å². The minimum absolute atomic E-state index is 0.0870. The third-order valence-electron chi connectivity index (χ3n) is 2.40. The van der Waals surface area contributed by atoms with Gasteiger partial charge in [0, 0.05) is 0 Å². The normalized spacial score (nSPS) is 11.3. The quantitative estimate of drug-likeness (QED) is 0.857. The van der Waals surface area contributed by atoms with Crippen LogP contribution in [-0.4, -0.2) is 21.5 Å². The number of aryl methyl sites for hydroxylation is 1. The molecule has 0 aliphatic heterocycles. The van der Waals surface area contributed by atoms with Crippen molar-refractivity contribution in [3.05, 3.63) is 32.3 Å². The van der Waals surface area contributed by atoms with E-state index in [0.717, 1.165) is 22.7 Å². The minimum Gasteiger partial charge on any atom is -0.465 e. The summed E-state index contributed by atoms with van der Waals surface area (Å²) in [6.07, 6.45) is 0. The van der Waals surface area contributed by atoms with E-state index >= 15 is 0 Å². The van der Waals surface area contributed by atoms with E-state index in [1.165, 1.54) is 19.2 Å². The van der Waals surface area contributed by atoms with Gasteiger partial charge in [-0.15, -0.1) is 22.7 Å². The third kappa shape index (κ3) is 2.98. The number of carbonyl (C=O) groups excluding carboxylic acids is 1. The summed E-state index contributed by atoms with van der Waals surface area (Å²) in [5.74, 6) is -0.579. The summed E-state index contributed by atoms with van der Waals surface area (Å²) in [6.45, 7) is 1.71. The van der Waals surface area contributed by atoms with Gasteiger partial charge in [-0.1, -0.05) is 11.6 Å². The van der Waals surface area contributed by atoms with Crippen molar-refractivity contribution in [1.82, 2.24) is 0 Å². The molecular formula is C11H10ClNO4S3. The zero-order valence-corrected chi connectivity index (χ0v) is 13.7. The van der Waals surface area contributed by atoms with Crippen molar-refractivity contribution >= 4 is 56.0 Å². The van der Waals surface area contributed by atoms with E-state index in [2.05, 4.69) is 9.46 Å². The summed E-state index contributed by atoms with van der Waals surface area (Å²) in [5.41, 5.74) is 0.896. The van der Waals surface area contributed by atoms with Gasteiger partial charge in [-0.25, -0.2) is 13.2 Å². The Morgan fingerprint density at radius 2 is 2.10 bits per heavy atom. The lowest BCUT2D eigenvalue weighted by atomic mass is 10.3. The van der Waals surface area contributed by atoms with Gasteiger partial charge in [0.15, 0.2) is 0 Å². The SMILES string of the molecule is COC(=O)c1scc(C)c1NS(=O)(=O)c1ccc(Cl)s1. The van der Waals surface area contributed by atoms with Gasteiger partial charge in [-0.05, 0) is 30.0 Å². The lowest BCUT2D eigenvalue weighted by Crippen LogP contribution is -2.14. The summed E-state index contributed by atoms with van der Waals surface area (Å²) >= 11 is 7.81. The predicted molar refractivity (Wildman–Crippen MR) is 80.5 cm³/mol. The number of halogens is 1. The van der Waals surface area contributed by atoms with Crippen LogP contribution in [0.4, 0.5) is 5.69 Å². The molecule has 2 aromatic rings. The number of sulfonamides is 1. The number of rotatable bonds is 4. The molecule has 0 atom stereocenters. The molecule has 9 heteroatoms. The minimum atomic E-state index is -3.77. The Morgan fingerprint density at radius 1 is 1.40 bits per heavy atom. The molecule has 0 aliphatic carbocycles. The summed E-state index contributed by atoms with van der Waals surface area (Å²) in [4.78, 5) is 11.8. The molecule has 0 bridgehead atoms. The number of esters is 1. The summed E-state index contributed by atoms with van der Waals surface area (Å²) in [6, 6.07) is 2.91. The standard InChI is InChI=1S/C11H10ClNO4S3/c1-6-5-18-10(11(14)17-2)9(6)13-20(15,16)8-4-3-7(12)19-8/h3-5,13H,1-2H3. The molecule has 0 unspecified atom stereocenters. The van der Waals surface area contributed by atoms with Gasteiger partial charge in [0.2, 0.25) is 0 Å². The maximum absolute atomic E-state index is 12.2. The van der Waals surface area contributed by atoms with E-state index < -0.39 is 16.0 Å². The van der Waals surface area contributed by atoms with Crippen LogP contribution in [-0.2, 0) is 14.8 Å². The number of hydrogen-bond donors (Lipinski definition) is 1. The number of thiophene rings is 2. The molecule has 0 aliphatic rings. The molecule has 0 saturated heterocycles. The molecule has 1 N–H and O–H groups in total. The first-order valence-electron chi connectivity index (χ1n) is 5.29. The van der Waals surface area contributed by atoms with Crippen molar-refractivity contribution in [1.29, 1.82) is 0 Å². The third-order valence-corrected chi connectivity index (χ3v) is 6.55. The van der Waals surface area contributed by atoms with E-state index in [4.69, 9.17) is 11.6 Å². The van der Waals surface area contributed by atoms with Gasteiger partial charge in [-0.2, -0.15) is 0 Å². The van der Waals surface area contributed by atoms with Crippen molar-refractivity contribution in [3.8, 4) is 0 Å². The largest absolute Gasteiger partial charge is 0.465 e. The highest BCUT2D eigenvalue weighted by Crippen LogP contribution is 2.32. The Labute approximate surface area is 129 Å². The molecule has 0 saturated carbocycles. The molecule has 2 aromatic heterocycles. The van der Waals surface area contributed by atoms with Crippen molar-refractivity contribution < 1.29 is 17.9 Å². The molecule has 5 nitrogen and oxygen atoms in total. The lowest BCUT2D eigenvalue weighted by Gasteiger charge is -2.08. The number of hydrogen-bond acceptors (Lipinski definition) is 6. The fourth-order valence-electron chi connectivity index (χ4n) is 1.44. The fraction of sp³-hybridized carbons (Fsp3) is 0.182. The van der Waals surface area contributed by atoms with Crippen LogP contribution in [0, 0.1) is 6.92 Å². The Balaban J connectivity index is 2.39. The molecule has 2 heterocycles. The van der Waals surface area contributed by atoms with Crippen LogP contribution < -0.4 is 4.72 Å². The second-order valence-corrected chi connectivity index (χ2v) is 8.28. The van der Waals surface area contributed by atoms with Crippen LogP contribution in [0.5, 0.6) is 0 Å². The van der Waals surface area contributed by atoms with E-state index in [9.17, 15) is 13.2 Å². The fourth-order valence-corrected chi connectivity index (χ4v) is 5.05. The number of carbonyl (C=O) groups is 1. The Morgan fingerprint density at radius 3 is 2.65 bits per heavy atom. The van der Waals surface area contributed by atoms with E-state index in [1.807, 2.05) is 0 Å². The van der Waals surface area contributed by atoms with Gasteiger partial charge < -0.3 is 4.74 Å². The van der Waals surface area contributed by atoms with Crippen LogP contribution in [0.2, 0.25) is 4.34 Å². The van der Waals surface area contributed by atoms with Gasteiger partial charge >= 0.3 is 5.97 Å². The first kappa shape index (κ1) is 15.3. The van der Waals surface area contributed by atoms with Crippen LogP contribution >= 0.6 is 34.3 Å². The zero-order valence-electron chi connectivity index (χ0n) is 10.5. The average Bonchev–Trinajstić information content (AvgIpc) is 2.97. The molecule has 0 fully saturated rings. The molecule has 0 spiro atoms. The van der Waals surface area contributed by atoms with Gasteiger partial charge in [0.05, 0.1) is 17.1 Å². The molecular weight excluding hydrogens is 342 g/mol. The van der Waals surface area contributed by atoms with Crippen LogP contribution in [0.1, 0.15) is 15.2 Å². The molecule has 0 aromatic carbocycles.